The molecule has 6 heteroatoms. The summed E-state index contributed by atoms with van der Waals surface area (Å²) in [5.74, 6) is -0.234. The van der Waals surface area contributed by atoms with Crippen LogP contribution in [0, 0.1) is 0 Å². The fourth-order valence-corrected chi connectivity index (χ4v) is 2.59. The molecule has 0 aliphatic rings. The molecule has 0 unspecified atom stereocenters. The van der Waals surface area contributed by atoms with Crippen molar-refractivity contribution < 1.29 is 18.0 Å². The number of nitrogens with zero attached hydrogens (tertiary/aromatic N) is 2. The number of anilines is 1. The second-order valence-corrected chi connectivity index (χ2v) is 5.75. The van der Waals surface area contributed by atoms with E-state index in [1.54, 1.807) is 6.07 Å². The molecular weight excluding hydrogens is 329 g/mol. The highest BCUT2D eigenvalue weighted by Gasteiger charge is 2.33. The topological polar surface area (TPSA) is 23.6 Å². The van der Waals surface area contributed by atoms with Crippen LogP contribution in [0.3, 0.4) is 0 Å². The van der Waals surface area contributed by atoms with Crippen LogP contribution >= 0.6 is 0 Å². The third-order valence-electron chi connectivity index (χ3n) is 3.99. The Balaban J connectivity index is 2.08. The first-order valence-corrected chi connectivity index (χ1v) is 8.02. The standard InChI is InChI=1S/C19H21F3N2O/c1-3-24(16-10-5-4-6-11-16)14-18(25)23(2)13-15-9-7-8-12-17(15)19(20,21)22/h4-12H,3,13-14H2,1-2H3. The van der Waals surface area contributed by atoms with Crippen molar-refractivity contribution in [1.82, 2.24) is 4.90 Å². The van der Waals surface area contributed by atoms with Crippen molar-refractivity contribution in [2.45, 2.75) is 19.6 Å². The van der Waals surface area contributed by atoms with Gasteiger partial charge in [-0.05, 0) is 30.7 Å². The maximum Gasteiger partial charge on any atom is 0.416 e. The van der Waals surface area contributed by atoms with Crippen LogP contribution in [0.5, 0.6) is 0 Å². The van der Waals surface area contributed by atoms with Crippen LogP contribution in [0.4, 0.5) is 18.9 Å². The van der Waals surface area contributed by atoms with Crippen molar-refractivity contribution in [1.29, 1.82) is 0 Å². The van der Waals surface area contributed by atoms with E-state index in [0.29, 0.717) is 6.54 Å². The smallest absolute Gasteiger partial charge is 0.362 e. The van der Waals surface area contributed by atoms with E-state index < -0.39 is 11.7 Å². The molecule has 2 aromatic carbocycles. The van der Waals surface area contributed by atoms with Gasteiger partial charge in [0.2, 0.25) is 5.91 Å². The average molecular weight is 350 g/mol. The Morgan fingerprint density at radius 1 is 1.00 bits per heavy atom. The number of carbonyl (C=O) groups is 1. The number of rotatable bonds is 6. The number of hydrogen-bond acceptors (Lipinski definition) is 2. The molecule has 2 aromatic rings. The van der Waals surface area contributed by atoms with Gasteiger partial charge in [0.25, 0.3) is 0 Å². The molecule has 0 atom stereocenters. The molecular formula is C19H21F3N2O. The molecule has 0 saturated carbocycles. The molecule has 0 saturated heterocycles. The maximum absolute atomic E-state index is 13.1. The Hall–Kier alpha value is -2.50. The molecule has 3 nitrogen and oxygen atoms in total. The van der Waals surface area contributed by atoms with Crippen molar-refractivity contribution in [3.8, 4) is 0 Å². The lowest BCUT2D eigenvalue weighted by atomic mass is 10.1. The van der Waals surface area contributed by atoms with Gasteiger partial charge in [0.1, 0.15) is 0 Å². The van der Waals surface area contributed by atoms with Crippen LogP contribution in [0.1, 0.15) is 18.1 Å². The van der Waals surface area contributed by atoms with Crippen molar-refractivity contribution in [2.75, 3.05) is 25.0 Å². The van der Waals surface area contributed by atoms with Crippen LogP contribution in [0.25, 0.3) is 0 Å². The van der Waals surface area contributed by atoms with Crippen LogP contribution in [-0.4, -0.2) is 30.9 Å². The fourth-order valence-electron chi connectivity index (χ4n) is 2.59. The Labute approximate surface area is 145 Å². The summed E-state index contributed by atoms with van der Waals surface area (Å²) in [5.41, 5.74) is 0.293. The minimum Gasteiger partial charge on any atom is -0.362 e. The lowest BCUT2D eigenvalue weighted by Crippen LogP contribution is -2.38. The number of hydrogen-bond donors (Lipinski definition) is 0. The van der Waals surface area contributed by atoms with Gasteiger partial charge < -0.3 is 9.80 Å². The Morgan fingerprint density at radius 2 is 1.60 bits per heavy atom. The first-order chi connectivity index (χ1) is 11.8. The summed E-state index contributed by atoms with van der Waals surface area (Å²) in [6, 6.07) is 14.8. The van der Waals surface area contributed by atoms with E-state index in [0.717, 1.165) is 11.8 Å². The highest BCUT2D eigenvalue weighted by molar-refractivity contribution is 5.81. The van der Waals surface area contributed by atoms with Gasteiger partial charge in [-0.3, -0.25) is 4.79 Å². The van der Waals surface area contributed by atoms with Gasteiger partial charge in [0.15, 0.2) is 0 Å². The van der Waals surface area contributed by atoms with E-state index in [2.05, 4.69) is 0 Å². The van der Waals surface area contributed by atoms with Gasteiger partial charge in [-0.1, -0.05) is 36.4 Å². The minimum absolute atomic E-state index is 0.0825. The lowest BCUT2D eigenvalue weighted by Gasteiger charge is -2.26. The Bertz CT molecular complexity index is 701. The quantitative estimate of drug-likeness (QED) is 0.780. The van der Waals surface area contributed by atoms with Crippen molar-refractivity contribution in [3.63, 3.8) is 0 Å². The number of alkyl halides is 3. The average Bonchev–Trinajstić information content (AvgIpc) is 2.59. The van der Waals surface area contributed by atoms with E-state index >= 15 is 0 Å². The summed E-state index contributed by atoms with van der Waals surface area (Å²) >= 11 is 0. The zero-order chi connectivity index (χ0) is 18.4. The molecule has 0 aliphatic carbocycles. The molecule has 0 radical (unpaired) electrons. The van der Waals surface area contributed by atoms with Gasteiger partial charge in [0, 0.05) is 25.8 Å². The number of amides is 1. The van der Waals surface area contributed by atoms with E-state index in [-0.39, 0.29) is 24.6 Å². The maximum atomic E-state index is 13.1. The molecule has 134 valence electrons. The highest BCUT2D eigenvalue weighted by atomic mass is 19.4. The second kappa shape index (κ2) is 8.05. The molecule has 0 aromatic heterocycles. The van der Waals surface area contributed by atoms with E-state index in [4.69, 9.17) is 0 Å². The van der Waals surface area contributed by atoms with Gasteiger partial charge >= 0.3 is 6.18 Å². The fraction of sp³-hybridized carbons (Fsp3) is 0.316. The first kappa shape index (κ1) is 18.8. The lowest BCUT2D eigenvalue weighted by molar-refractivity contribution is -0.139. The Kier molecular flexibility index (Phi) is 6.07. The van der Waals surface area contributed by atoms with Crippen molar-refractivity contribution in [2.24, 2.45) is 0 Å². The van der Waals surface area contributed by atoms with Gasteiger partial charge in [-0.25, -0.2) is 0 Å². The molecule has 0 N–H and O–H groups in total. The third-order valence-corrected chi connectivity index (χ3v) is 3.99. The van der Waals surface area contributed by atoms with Crippen LogP contribution in [0.2, 0.25) is 0 Å². The molecule has 0 spiro atoms. The number of likely N-dealkylation sites (N-methyl/N-ethyl adjacent to an activating group) is 2. The van der Waals surface area contributed by atoms with Crippen LogP contribution < -0.4 is 4.90 Å². The van der Waals surface area contributed by atoms with Gasteiger partial charge in [-0.2, -0.15) is 13.2 Å². The van der Waals surface area contributed by atoms with E-state index in [1.165, 1.54) is 24.1 Å². The summed E-state index contributed by atoms with van der Waals surface area (Å²) in [6.07, 6.45) is -4.43. The number of para-hydroxylation sites is 1. The first-order valence-electron chi connectivity index (χ1n) is 8.02. The third kappa shape index (κ3) is 4.98. The van der Waals surface area contributed by atoms with E-state index in [1.807, 2.05) is 42.2 Å². The number of benzene rings is 2. The molecule has 0 bridgehead atoms. The SMILES string of the molecule is CCN(CC(=O)N(C)Cc1ccccc1C(F)(F)F)c1ccccc1. The molecule has 0 aliphatic heterocycles. The van der Waals surface area contributed by atoms with Crippen LogP contribution in [-0.2, 0) is 17.5 Å². The highest BCUT2D eigenvalue weighted by Crippen LogP contribution is 2.32. The predicted octanol–water partition coefficient (Wildman–Crippen LogP) is 4.19. The summed E-state index contributed by atoms with van der Waals surface area (Å²) in [4.78, 5) is 15.7. The summed E-state index contributed by atoms with van der Waals surface area (Å²) in [5, 5.41) is 0. The zero-order valence-electron chi connectivity index (χ0n) is 14.3. The summed E-state index contributed by atoms with van der Waals surface area (Å²) in [7, 11) is 1.52. The van der Waals surface area contributed by atoms with Crippen molar-refractivity contribution >= 4 is 11.6 Å². The van der Waals surface area contributed by atoms with Crippen LogP contribution in [0.15, 0.2) is 54.6 Å². The largest absolute Gasteiger partial charge is 0.416 e. The number of halogens is 3. The summed E-state index contributed by atoms with van der Waals surface area (Å²) < 4.78 is 39.2. The Morgan fingerprint density at radius 3 is 2.20 bits per heavy atom. The molecule has 1 amide bonds. The molecule has 0 heterocycles. The minimum atomic E-state index is -4.43. The zero-order valence-corrected chi connectivity index (χ0v) is 14.3. The molecule has 25 heavy (non-hydrogen) atoms. The normalized spacial score (nSPS) is 11.2. The molecule has 2 rings (SSSR count). The van der Waals surface area contributed by atoms with Gasteiger partial charge in [-0.15, -0.1) is 0 Å². The summed E-state index contributed by atoms with van der Waals surface area (Å²) in [6.45, 7) is 2.59. The monoisotopic (exact) mass is 350 g/mol. The predicted molar refractivity (Wildman–Crippen MR) is 92.2 cm³/mol. The van der Waals surface area contributed by atoms with Crippen molar-refractivity contribution in [3.05, 3.63) is 65.7 Å². The van der Waals surface area contributed by atoms with Gasteiger partial charge in [0.05, 0.1) is 12.1 Å². The molecule has 0 fully saturated rings. The number of carbonyl (C=O) groups excluding carboxylic acids is 1. The van der Waals surface area contributed by atoms with E-state index in [9.17, 15) is 18.0 Å². The second-order valence-electron chi connectivity index (χ2n) is 5.75.